The highest BCUT2D eigenvalue weighted by molar-refractivity contribution is 6.75. The van der Waals surface area contributed by atoms with Crippen LogP contribution in [-0.4, -0.2) is 142 Å². The number of nitrogens with one attached hydrogen (secondary N) is 3. The molecule has 25 nitrogen and oxygen atoms in total. The van der Waals surface area contributed by atoms with Gasteiger partial charge in [0.15, 0.2) is 25.0 Å². The molecule has 3 aliphatic heterocycles. The van der Waals surface area contributed by atoms with Gasteiger partial charge in [-0.25, -0.2) is 48.7 Å². The third-order valence-corrected chi connectivity index (χ3v) is 38.7. The van der Waals surface area contributed by atoms with Crippen molar-refractivity contribution in [3.8, 4) is 39.5 Å². The maximum absolute atomic E-state index is 14.6. The fraction of sp³-hybridized carbons (Fsp3) is 0.367. The van der Waals surface area contributed by atoms with Crippen LogP contribution in [0.5, 0.6) is 5.75 Å². The van der Waals surface area contributed by atoms with Crippen molar-refractivity contribution >= 4 is 113 Å². The molecule has 15 rings (SSSR count). The number of anilines is 6. The topological polar surface area (TPSA) is 241 Å². The minimum absolute atomic E-state index is 0.0181. The summed E-state index contributed by atoms with van der Waals surface area (Å²) in [5.74, 6) is 3.99. The molecule has 3 aromatic carbocycles. The molecule has 0 unspecified atom stereocenters. The molecule has 122 heavy (non-hydrogen) atoms. The van der Waals surface area contributed by atoms with Gasteiger partial charge < -0.3 is 62.4 Å². The molecule has 3 amide bonds. The summed E-state index contributed by atoms with van der Waals surface area (Å²) in [6.45, 7) is 39.3. The number of benzene rings is 3. The summed E-state index contributed by atoms with van der Waals surface area (Å²) in [5, 5.41) is 11.5. The van der Waals surface area contributed by atoms with Crippen LogP contribution in [0.1, 0.15) is 125 Å². The number of amides is 3. The second-order valence-corrected chi connectivity index (χ2v) is 51.7. The molecule has 12 aromatic rings. The van der Waals surface area contributed by atoms with Gasteiger partial charge in [-0.2, -0.15) is 0 Å². The highest BCUT2D eigenvalue weighted by atomic mass is 35.5. The molecule has 32 heteroatoms. The van der Waals surface area contributed by atoms with E-state index >= 15 is 0 Å². The Labute approximate surface area is 731 Å². The van der Waals surface area contributed by atoms with Crippen LogP contribution in [-0.2, 0) is 54.1 Å². The Morgan fingerprint density at radius 3 is 1.10 bits per heavy atom. The molecule has 0 fully saturated rings. The Hall–Kier alpha value is -10.5. The number of rotatable bonds is 25. The Balaban J connectivity index is 0.000000158. The predicted molar refractivity (Wildman–Crippen MR) is 489 cm³/mol. The van der Waals surface area contributed by atoms with Crippen LogP contribution in [0, 0.1) is 19.7 Å². The van der Waals surface area contributed by atoms with E-state index in [0.717, 1.165) is 84.9 Å². The van der Waals surface area contributed by atoms with E-state index in [0.29, 0.717) is 82.8 Å². The van der Waals surface area contributed by atoms with Crippen LogP contribution in [0.2, 0.25) is 69.5 Å². The quantitative estimate of drug-likeness (QED) is 0.0451. The molecule has 3 atom stereocenters. The fourth-order valence-corrected chi connectivity index (χ4v) is 17.6. The van der Waals surface area contributed by atoms with E-state index in [9.17, 15) is 18.8 Å². The van der Waals surface area contributed by atoms with E-state index in [4.69, 9.17) is 62.8 Å². The van der Waals surface area contributed by atoms with Crippen molar-refractivity contribution in [2.75, 3.05) is 42.9 Å². The molecule has 3 aliphatic rings. The number of hydrogen-bond acceptors (Lipinski definition) is 16. The zero-order valence-electron chi connectivity index (χ0n) is 73.3. The highest BCUT2D eigenvalue weighted by Gasteiger charge is 2.45. The first-order chi connectivity index (χ1) is 57.4. The number of hydrogen-bond donors (Lipinski definition) is 3. The maximum Gasteiger partial charge on any atom is 0.329 e. The Kier molecular flexibility index (Phi) is 25.9. The summed E-state index contributed by atoms with van der Waals surface area (Å²) in [6.07, 6.45) is 16.5. The van der Waals surface area contributed by atoms with E-state index < -0.39 is 36.8 Å². The van der Waals surface area contributed by atoms with E-state index in [1.807, 2.05) is 193 Å². The lowest BCUT2D eigenvalue weighted by Gasteiger charge is -2.38. The van der Waals surface area contributed by atoms with Crippen molar-refractivity contribution in [3.05, 3.63) is 243 Å². The zero-order chi connectivity index (χ0) is 88.0. The highest BCUT2D eigenvalue weighted by Crippen LogP contribution is 2.45. The van der Waals surface area contributed by atoms with Gasteiger partial charge in [-0.1, -0.05) is 121 Å². The third kappa shape index (κ3) is 19.4. The predicted octanol–water partition coefficient (Wildman–Crippen LogP) is 22.4. The monoisotopic (exact) mass is 1760 g/mol. The van der Waals surface area contributed by atoms with Crippen molar-refractivity contribution in [2.45, 2.75) is 168 Å². The first-order valence-electron chi connectivity index (χ1n) is 40.6. The summed E-state index contributed by atoms with van der Waals surface area (Å²) in [6, 6.07) is 36.2. The molecule has 0 saturated carbocycles. The zero-order valence-corrected chi connectivity index (χ0v) is 78.6. The number of carbonyl (C=O) groups is 3. The van der Waals surface area contributed by atoms with Gasteiger partial charge in [-0.3, -0.25) is 13.7 Å². The fourth-order valence-electron chi connectivity index (χ4n) is 14.0. The molecule has 0 bridgehead atoms. The lowest BCUT2D eigenvalue weighted by atomic mass is 10.1. The molecule has 0 radical (unpaired) electrons. The van der Waals surface area contributed by atoms with Gasteiger partial charge in [0, 0.05) is 121 Å². The van der Waals surface area contributed by atoms with Gasteiger partial charge in [-0.05, 0) is 187 Å². The smallest absolute Gasteiger partial charge is 0.329 e. The maximum atomic E-state index is 14.6. The Morgan fingerprint density at radius 1 is 0.443 bits per heavy atom. The average Bonchev–Trinajstić information content (AvgIpc) is 1.62. The molecule has 642 valence electrons. The molecular formula is C90H110Cl3FN18O7Si3. The van der Waals surface area contributed by atoms with Crippen LogP contribution >= 0.6 is 34.8 Å². The lowest BCUT2D eigenvalue weighted by Crippen LogP contribution is -2.44. The molecule has 0 spiro atoms. The number of fused-ring (bicyclic) bond motifs is 3. The molecule has 3 N–H and O–H groups in total. The summed E-state index contributed by atoms with van der Waals surface area (Å²) < 4.78 is 50.7. The summed E-state index contributed by atoms with van der Waals surface area (Å²) in [4.78, 5) is 74.4. The van der Waals surface area contributed by atoms with E-state index in [1.165, 1.54) is 19.2 Å². The SMILES string of the molecule is COc1cc(F)cc([C@@H](CO[Si](C)(C)C(C)(C)C)N2Cc3cc(-c4nc(Nc5cccn5C)ncc4C)cn3C2=O)c1.Cc1cnc(Nc2cccn2C)nc1-c1cc2n(c1)C(=O)N([C@H](CO[Si](C)(C)C(C)(C)C)c1cccc(Cl)c1)C2.Cn1cccc1Nc1ncc(Cl)c(-c2cc3n(c2)C(=O)N([C@H](CO[Si](C)(C)C(C)(C)C)c2cccc(Cl)c2)C3)n1. The van der Waals surface area contributed by atoms with Crippen molar-refractivity contribution in [1.82, 2.24) is 72.0 Å². The number of nitrogens with zero attached hydrogens (tertiary/aromatic N) is 15. The van der Waals surface area contributed by atoms with Crippen molar-refractivity contribution in [3.63, 3.8) is 0 Å². The number of carbonyl (C=O) groups excluding carboxylic acids is 3. The van der Waals surface area contributed by atoms with Gasteiger partial charge in [0.1, 0.15) is 29.0 Å². The molecule has 9 aromatic heterocycles. The van der Waals surface area contributed by atoms with Crippen LogP contribution in [0.3, 0.4) is 0 Å². The number of methoxy groups -OCH3 is 1. The Bertz CT molecular complexity index is 5620. The number of halogens is 4. The standard InChI is InChI=1S/C31H39FN6O3Si.C30H37ClN6O2Si.C29H34Cl2N6O2Si/c1-20-16-33-29(34-27-10-9-11-36(27)5)35-28(20)22-13-24-18-38(30(39)37(24)17-22)26(19-41-42(7,8)31(2,3)4)21-12-23(32)15-25(14-21)40-6;1-20-16-32-28(33-26-12-9-13-35(26)5)34-27(20)22-15-24-18-37(29(38)36(24)17-22)25(21-10-8-11-23(31)14-21)19-39-40(6,7)30(2,3)4;1-29(2,3)40(5,6)39-18-24(19-9-7-10-21(30)13-19)37-17-22-14-20(16-36(22)28(37)38)26-23(31)15-32-27(34-26)33-25-11-8-12-35(25)4/h9-17,26H,18-19H2,1-8H3,(H,33,34,35);8-17,25H,18-19H2,1-7H3,(H,32,33,34);7-16,24H,17-18H2,1-6H3,(H,32,33,34)/t26-;25-;24-/m111/s1. The second kappa shape index (κ2) is 35.4. The average molecular weight is 1770 g/mol. The van der Waals surface area contributed by atoms with Gasteiger partial charge >= 0.3 is 18.1 Å². The molecule has 0 aliphatic carbocycles. The minimum atomic E-state index is -2.16. The van der Waals surface area contributed by atoms with E-state index in [-0.39, 0.29) is 51.9 Å². The lowest BCUT2D eigenvalue weighted by molar-refractivity contribution is 0.144. The largest absolute Gasteiger partial charge is 0.497 e. The number of aromatic nitrogens is 12. The molecule has 12 heterocycles. The van der Waals surface area contributed by atoms with Crippen molar-refractivity contribution in [2.24, 2.45) is 21.1 Å². The summed E-state index contributed by atoms with van der Waals surface area (Å²) in [7, 11) is 1.08. The second-order valence-electron chi connectivity index (χ2n) is 36.0. The molecular weight excluding hydrogens is 1650 g/mol. The first-order valence-corrected chi connectivity index (χ1v) is 50.5. The van der Waals surface area contributed by atoms with Crippen LogP contribution < -0.4 is 20.7 Å². The van der Waals surface area contributed by atoms with Crippen molar-refractivity contribution < 1.29 is 36.8 Å². The third-order valence-electron chi connectivity index (χ3n) is 24.4. The van der Waals surface area contributed by atoms with Crippen LogP contribution in [0.15, 0.2) is 177 Å². The van der Waals surface area contributed by atoms with E-state index in [1.54, 1.807) is 49.5 Å². The van der Waals surface area contributed by atoms with Crippen LogP contribution in [0.4, 0.5) is 54.1 Å². The Morgan fingerprint density at radius 2 is 0.779 bits per heavy atom. The van der Waals surface area contributed by atoms with Gasteiger partial charge in [0.05, 0.1) is 93.0 Å². The molecule has 0 saturated heterocycles. The van der Waals surface area contributed by atoms with Gasteiger partial charge in [0.2, 0.25) is 17.8 Å². The van der Waals surface area contributed by atoms with Crippen LogP contribution in [0.25, 0.3) is 33.8 Å². The minimum Gasteiger partial charge on any atom is -0.497 e. The normalized spacial score (nSPS) is 14.4. The van der Waals surface area contributed by atoms with Crippen molar-refractivity contribution in [1.29, 1.82) is 0 Å². The number of aryl methyl sites for hydroxylation is 5. The number of ether oxygens (including phenoxy) is 1. The van der Waals surface area contributed by atoms with E-state index in [2.05, 4.69) is 137 Å². The van der Waals surface area contributed by atoms with Gasteiger partial charge in [-0.15, -0.1) is 0 Å². The van der Waals surface area contributed by atoms with Gasteiger partial charge in [0.25, 0.3) is 0 Å². The first kappa shape index (κ1) is 89.3. The summed E-state index contributed by atoms with van der Waals surface area (Å²) >= 11 is 19.2. The summed E-state index contributed by atoms with van der Waals surface area (Å²) in [5.41, 5.74) is 11.5.